The molecule has 0 aromatic rings. The Labute approximate surface area is 123 Å². The van der Waals surface area contributed by atoms with Crippen molar-refractivity contribution in [1.82, 2.24) is 4.90 Å². The van der Waals surface area contributed by atoms with Crippen LogP contribution in [0.1, 0.15) is 52.4 Å². The molecule has 1 unspecified atom stereocenters. The van der Waals surface area contributed by atoms with Crippen LogP contribution in [0.5, 0.6) is 0 Å². The monoisotopic (exact) mass is 289 g/mol. The zero-order valence-electron chi connectivity index (χ0n) is 12.5. The van der Waals surface area contributed by atoms with E-state index in [2.05, 4.69) is 17.9 Å². The van der Waals surface area contributed by atoms with Gasteiger partial charge >= 0.3 is 5.97 Å². The van der Waals surface area contributed by atoms with E-state index in [1.54, 1.807) is 0 Å². The summed E-state index contributed by atoms with van der Waals surface area (Å²) in [7, 11) is 1.45. The molecule has 0 amide bonds. The molecule has 0 saturated carbocycles. The molecule has 1 rings (SSSR count). The highest BCUT2D eigenvalue weighted by Crippen LogP contribution is 2.18. The average molecular weight is 290 g/mol. The zero-order valence-corrected chi connectivity index (χ0v) is 13.3. The molecule has 0 aromatic heterocycles. The van der Waals surface area contributed by atoms with Gasteiger partial charge in [0.05, 0.1) is 7.11 Å². The van der Waals surface area contributed by atoms with E-state index in [4.69, 9.17) is 4.74 Å². The second-order valence-electron chi connectivity index (χ2n) is 5.15. The third kappa shape index (κ3) is 6.44. The predicted octanol–water partition coefficient (Wildman–Crippen LogP) is 3.57. The fourth-order valence-electron chi connectivity index (χ4n) is 2.55. The summed E-state index contributed by atoms with van der Waals surface area (Å²) in [5.74, 6) is -0.200. The number of nitrogens with zero attached hydrogens (tertiary/aromatic N) is 1. The normalized spacial score (nSPS) is 18.6. The number of ether oxygens (including phenoxy) is 1. The van der Waals surface area contributed by atoms with E-state index >= 15 is 0 Å². The molecule has 0 radical (unpaired) electrons. The fraction of sp³-hybridized carbons (Fsp3) is 0.800. The molecular weight excluding hydrogens is 262 g/mol. The van der Waals surface area contributed by atoms with Crippen molar-refractivity contribution in [2.45, 2.75) is 58.4 Å². The summed E-state index contributed by atoms with van der Waals surface area (Å²) < 4.78 is 4.78. The SMILES string of the molecule is CCCCC(C=C(C)C(=O)OC)N1CCCCC1.Cl. The Balaban J connectivity index is 0.00000324. The van der Waals surface area contributed by atoms with Crippen molar-refractivity contribution >= 4 is 18.4 Å². The topological polar surface area (TPSA) is 29.5 Å². The summed E-state index contributed by atoms with van der Waals surface area (Å²) in [6.07, 6.45) is 9.58. The molecule has 0 bridgehead atoms. The third-order valence-corrected chi connectivity index (χ3v) is 3.66. The number of esters is 1. The molecule has 1 atom stereocenters. The van der Waals surface area contributed by atoms with Crippen LogP contribution in [-0.2, 0) is 9.53 Å². The van der Waals surface area contributed by atoms with Gasteiger partial charge in [-0.15, -0.1) is 12.4 Å². The van der Waals surface area contributed by atoms with E-state index < -0.39 is 0 Å². The van der Waals surface area contributed by atoms with Crippen molar-refractivity contribution in [3.8, 4) is 0 Å². The quantitative estimate of drug-likeness (QED) is 0.553. The number of carbonyl (C=O) groups excluding carboxylic acids is 1. The van der Waals surface area contributed by atoms with Crippen molar-refractivity contribution in [2.24, 2.45) is 0 Å². The van der Waals surface area contributed by atoms with Crippen LogP contribution in [0.15, 0.2) is 11.6 Å². The number of piperidine rings is 1. The lowest BCUT2D eigenvalue weighted by Gasteiger charge is -2.33. The van der Waals surface area contributed by atoms with Crippen LogP contribution in [-0.4, -0.2) is 37.1 Å². The lowest BCUT2D eigenvalue weighted by Crippen LogP contribution is -2.38. The Morgan fingerprint density at radius 1 is 1.32 bits per heavy atom. The molecule has 3 nitrogen and oxygen atoms in total. The molecule has 1 fully saturated rings. The van der Waals surface area contributed by atoms with Gasteiger partial charge in [0.1, 0.15) is 0 Å². The summed E-state index contributed by atoms with van der Waals surface area (Å²) >= 11 is 0. The van der Waals surface area contributed by atoms with Crippen LogP contribution in [0.3, 0.4) is 0 Å². The van der Waals surface area contributed by atoms with Crippen molar-refractivity contribution in [1.29, 1.82) is 0 Å². The van der Waals surface area contributed by atoms with Gasteiger partial charge in [-0.3, -0.25) is 4.90 Å². The minimum absolute atomic E-state index is 0. The minimum atomic E-state index is -0.200. The average Bonchev–Trinajstić information content (AvgIpc) is 2.43. The van der Waals surface area contributed by atoms with Crippen molar-refractivity contribution in [2.75, 3.05) is 20.2 Å². The summed E-state index contributed by atoms with van der Waals surface area (Å²) in [6, 6.07) is 0.407. The molecule has 0 aromatic carbocycles. The molecular formula is C15H28ClNO2. The number of carbonyl (C=O) groups is 1. The fourth-order valence-corrected chi connectivity index (χ4v) is 2.55. The number of halogens is 1. The number of hydrogen-bond donors (Lipinski definition) is 0. The van der Waals surface area contributed by atoms with E-state index in [0.29, 0.717) is 6.04 Å². The van der Waals surface area contributed by atoms with Crippen LogP contribution in [0.25, 0.3) is 0 Å². The maximum Gasteiger partial charge on any atom is 0.333 e. The van der Waals surface area contributed by atoms with E-state index in [-0.39, 0.29) is 18.4 Å². The van der Waals surface area contributed by atoms with Gasteiger partial charge in [0.2, 0.25) is 0 Å². The molecule has 1 heterocycles. The first-order valence-electron chi connectivity index (χ1n) is 7.19. The van der Waals surface area contributed by atoms with Crippen LogP contribution in [0.4, 0.5) is 0 Å². The van der Waals surface area contributed by atoms with E-state index in [1.165, 1.54) is 52.3 Å². The largest absolute Gasteiger partial charge is 0.466 e. The summed E-state index contributed by atoms with van der Waals surface area (Å²) in [5.41, 5.74) is 0.740. The van der Waals surface area contributed by atoms with Gasteiger partial charge in [-0.1, -0.05) is 32.3 Å². The first-order valence-corrected chi connectivity index (χ1v) is 7.19. The Morgan fingerprint density at radius 3 is 2.47 bits per heavy atom. The Hall–Kier alpha value is -0.540. The second-order valence-corrected chi connectivity index (χ2v) is 5.15. The van der Waals surface area contributed by atoms with Gasteiger partial charge in [-0.2, -0.15) is 0 Å². The van der Waals surface area contributed by atoms with Crippen LogP contribution < -0.4 is 0 Å². The number of unbranched alkanes of at least 4 members (excludes halogenated alkanes) is 1. The first-order chi connectivity index (χ1) is 8.69. The Bertz CT molecular complexity index is 286. The zero-order chi connectivity index (χ0) is 13.4. The molecule has 0 aliphatic carbocycles. The maximum absolute atomic E-state index is 11.5. The molecule has 0 spiro atoms. The van der Waals surface area contributed by atoms with Crippen LogP contribution >= 0.6 is 12.4 Å². The van der Waals surface area contributed by atoms with Gasteiger partial charge in [0.25, 0.3) is 0 Å². The van der Waals surface area contributed by atoms with Crippen molar-refractivity contribution < 1.29 is 9.53 Å². The smallest absolute Gasteiger partial charge is 0.333 e. The van der Waals surface area contributed by atoms with Crippen molar-refractivity contribution in [3.05, 3.63) is 11.6 Å². The third-order valence-electron chi connectivity index (χ3n) is 3.66. The molecule has 112 valence electrons. The van der Waals surface area contributed by atoms with Gasteiger partial charge in [-0.05, 0) is 39.3 Å². The summed E-state index contributed by atoms with van der Waals surface area (Å²) in [4.78, 5) is 14.0. The predicted molar refractivity (Wildman–Crippen MR) is 81.8 cm³/mol. The first kappa shape index (κ1) is 18.5. The minimum Gasteiger partial charge on any atom is -0.466 e. The van der Waals surface area contributed by atoms with Gasteiger partial charge in [0.15, 0.2) is 0 Å². The highest BCUT2D eigenvalue weighted by atomic mass is 35.5. The molecule has 0 N–H and O–H groups in total. The van der Waals surface area contributed by atoms with Crippen LogP contribution in [0, 0.1) is 0 Å². The maximum atomic E-state index is 11.5. The van der Waals surface area contributed by atoms with Gasteiger partial charge < -0.3 is 4.74 Å². The van der Waals surface area contributed by atoms with Gasteiger partial charge in [0, 0.05) is 11.6 Å². The van der Waals surface area contributed by atoms with Crippen molar-refractivity contribution in [3.63, 3.8) is 0 Å². The lowest BCUT2D eigenvalue weighted by molar-refractivity contribution is -0.136. The molecule has 19 heavy (non-hydrogen) atoms. The lowest BCUT2D eigenvalue weighted by atomic mass is 10.0. The number of rotatable bonds is 6. The molecule has 4 heteroatoms. The Morgan fingerprint density at radius 2 is 1.95 bits per heavy atom. The summed E-state index contributed by atoms with van der Waals surface area (Å²) in [6.45, 7) is 6.40. The standard InChI is InChI=1S/C15H27NO2.ClH/c1-4-5-9-14(12-13(2)15(17)18-3)16-10-7-6-8-11-16;/h12,14H,4-11H2,1-3H3;1H. The second kappa shape index (κ2) is 10.3. The van der Waals surface area contributed by atoms with Crippen LogP contribution in [0.2, 0.25) is 0 Å². The van der Waals surface area contributed by atoms with E-state index in [1.807, 2.05) is 6.92 Å². The molecule has 1 saturated heterocycles. The van der Waals surface area contributed by atoms with Gasteiger partial charge in [-0.25, -0.2) is 4.79 Å². The number of methoxy groups -OCH3 is 1. The Kier molecular flexibility index (Phi) is 9.98. The number of hydrogen-bond acceptors (Lipinski definition) is 3. The highest BCUT2D eigenvalue weighted by molar-refractivity contribution is 5.87. The van der Waals surface area contributed by atoms with E-state index in [0.717, 1.165) is 12.0 Å². The molecule has 1 aliphatic heterocycles. The van der Waals surface area contributed by atoms with E-state index in [9.17, 15) is 4.79 Å². The summed E-state index contributed by atoms with van der Waals surface area (Å²) in [5, 5.41) is 0. The highest BCUT2D eigenvalue weighted by Gasteiger charge is 2.19. The molecule has 1 aliphatic rings. The number of likely N-dealkylation sites (tertiary alicyclic amines) is 1.